The highest BCUT2D eigenvalue weighted by atomic mass is 32.2. The minimum Gasteiger partial charge on any atom is -0.382 e. The predicted molar refractivity (Wildman–Crippen MR) is 160 cm³/mol. The van der Waals surface area contributed by atoms with Crippen LogP contribution >= 0.6 is 0 Å². The quantitative estimate of drug-likeness (QED) is 0.130. The molecule has 1 N–H and O–H groups in total. The van der Waals surface area contributed by atoms with Crippen LogP contribution in [0, 0.1) is 5.92 Å². The Labute approximate surface area is 231 Å². The van der Waals surface area contributed by atoms with E-state index in [4.69, 9.17) is 4.74 Å². The molecule has 1 unspecified atom stereocenters. The molecule has 38 heavy (non-hydrogen) atoms. The Bertz CT molecular complexity index is 1030. The summed E-state index contributed by atoms with van der Waals surface area (Å²) in [4.78, 5) is 18.7. The van der Waals surface area contributed by atoms with Gasteiger partial charge in [0.2, 0.25) is 5.91 Å². The van der Waals surface area contributed by atoms with Crippen LogP contribution in [0.2, 0.25) is 0 Å². The summed E-state index contributed by atoms with van der Waals surface area (Å²) >= 11 is 0. The molecule has 1 aromatic heterocycles. The van der Waals surface area contributed by atoms with Crippen LogP contribution in [-0.4, -0.2) is 50.5 Å². The summed E-state index contributed by atoms with van der Waals surface area (Å²) < 4.78 is 32.9. The Hall–Kier alpha value is -2.97. The fourth-order valence-electron chi connectivity index (χ4n) is 3.36. The molecule has 1 aromatic rings. The molecule has 0 aliphatic heterocycles. The number of carbonyl (C=O) groups excluding carboxylic acids is 1. The lowest BCUT2D eigenvalue weighted by Crippen LogP contribution is -2.33. The zero-order valence-electron chi connectivity index (χ0n) is 23.9. The molecule has 7 nitrogen and oxygen atoms in total. The van der Waals surface area contributed by atoms with Crippen molar-refractivity contribution in [1.29, 1.82) is 0 Å². The van der Waals surface area contributed by atoms with E-state index in [-0.39, 0.29) is 24.1 Å². The molecule has 0 aromatic carbocycles. The van der Waals surface area contributed by atoms with Gasteiger partial charge < -0.3 is 9.64 Å². The summed E-state index contributed by atoms with van der Waals surface area (Å²) in [6.07, 6.45) is 13.3. The first-order valence-corrected chi connectivity index (χ1v) is 14.9. The van der Waals surface area contributed by atoms with Crippen molar-refractivity contribution in [2.24, 2.45) is 5.92 Å². The number of hydrogen-bond donors (Lipinski definition) is 1. The number of ether oxygens (including phenoxy) is 1. The number of hydrogen-bond acceptors (Lipinski definition) is 5. The van der Waals surface area contributed by atoms with Gasteiger partial charge in [-0.15, -0.1) is 13.2 Å². The second kappa shape index (κ2) is 21.0. The smallest absolute Gasteiger partial charge is 0.255 e. The van der Waals surface area contributed by atoms with Crippen molar-refractivity contribution in [3.8, 4) is 0 Å². The molecular weight excluding hydrogens is 498 g/mol. The van der Waals surface area contributed by atoms with E-state index in [1.807, 2.05) is 58.9 Å². The van der Waals surface area contributed by atoms with Crippen molar-refractivity contribution in [2.75, 3.05) is 31.0 Å². The third kappa shape index (κ3) is 15.3. The fourth-order valence-corrected chi connectivity index (χ4v) is 4.20. The molecule has 1 atom stereocenters. The van der Waals surface area contributed by atoms with Crippen LogP contribution in [0.1, 0.15) is 59.6 Å². The SMILES string of the molecule is C=CCC=C/C=C(\C)C(C=C)C/C=C/S(=O)(=O)Nc1cccc(CC(=O)N(CC)CCCOCC)n1.CC. The van der Waals surface area contributed by atoms with Gasteiger partial charge in [-0.2, -0.15) is 0 Å². The molecule has 1 rings (SSSR count). The van der Waals surface area contributed by atoms with Gasteiger partial charge in [0.1, 0.15) is 5.82 Å². The van der Waals surface area contributed by atoms with Gasteiger partial charge >= 0.3 is 0 Å². The Morgan fingerprint density at radius 2 is 1.95 bits per heavy atom. The summed E-state index contributed by atoms with van der Waals surface area (Å²) in [5.41, 5.74) is 1.59. The van der Waals surface area contributed by atoms with Crippen LogP contribution in [0.5, 0.6) is 0 Å². The molecule has 0 aliphatic carbocycles. The molecule has 0 fully saturated rings. The Kier molecular flexibility index (Phi) is 19.4. The Balaban J connectivity index is 0.00000667. The number of amides is 1. The Morgan fingerprint density at radius 1 is 1.21 bits per heavy atom. The number of sulfonamides is 1. The van der Waals surface area contributed by atoms with Crippen LogP contribution in [-0.2, 0) is 26.0 Å². The Morgan fingerprint density at radius 3 is 2.58 bits per heavy atom. The molecule has 0 aliphatic rings. The van der Waals surface area contributed by atoms with Gasteiger partial charge in [0.15, 0.2) is 0 Å². The molecule has 1 heterocycles. The van der Waals surface area contributed by atoms with E-state index in [1.165, 1.54) is 0 Å². The number of anilines is 1. The van der Waals surface area contributed by atoms with Crippen LogP contribution in [0.4, 0.5) is 5.82 Å². The molecule has 0 saturated carbocycles. The van der Waals surface area contributed by atoms with Gasteiger partial charge in [-0.05, 0) is 52.2 Å². The minimum absolute atomic E-state index is 0.0207. The third-order valence-corrected chi connectivity index (χ3v) is 6.42. The molecular formula is C30H47N3O4S. The van der Waals surface area contributed by atoms with Gasteiger partial charge in [0.25, 0.3) is 10.0 Å². The largest absolute Gasteiger partial charge is 0.382 e. The molecule has 212 valence electrons. The maximum Gasteiger partial charge on any atom is 0.255 e. The monoisotopic (exact) mass is 545 g/mol. The van der Waals surface area contributed by atoms with Crippen molar-refractivity contribution < 1.29 is 17.9 Å². The van der Waals surface area contributed by atoms with E-state index in [1.54, 1.807) is 35.3 Å². The summed E-state index contributed by atoms with van der Waals surface area (Å²) in [5.74, 6) is 0.139. The van der Waals surface area contributed by atoms with Crippen molar-refractivity contribution in [1.82, 2.24) is 9.88 Å². The number of rotatable bonds is 18. The average molecular weight is 546 g/mol. The normalized spacial score (nSPS) is 12.6. The zero-order chi connectivity index (χ0) is 28.8. The first-order chi connectivity index (χ1) is 18.3. The predicted octanol–water partition coefficient (Wildman–Crippen LogP) is 6.45. The lowest BCUT2D eigenvalue weighted by molar-refractivity contribution is -0.130. The number of carbonyl (C=O) groups is 1. The number of allylic oxidation sites excluding steroid dienone is 7. The van der Waals surface area contributed by atoms with Crippen molar-refractivity contribution in [3.05, 3.63) is 84.5 Å². The minimum atomic E-state index is -3.75. The maximum atomic E-state index is 12.7. The summed E-state index contributed by atoms with van der Waals surface area (Å²) in [7, 11) is -3.75. The van der Waals surface area contributed by atoms with Gasteiger partial charge in [0, 0.05) is 37.6 Å². The molecule has 0 spiro atoms. The number of aromatic nitrogens is 1. The van der Waals surface area contributed by atoms with E-state index in [9.17, 15) is 13.2 Å². The average Bonchev–Trinajstić information content (AvgIpc) is 2.90. The lowest BCUT2D eigenvalue weighted by Gasteiger charge is -2.20. The first-order valence-electron chi connectivity index (χ1n) is 13.3. The van der Waals surface area contributed by atoms with Crippen molar-refractivity contribution in [3.63, 3.8) is 0 Å². The van der Waals surface area contributed by atoms with E-state index >= 15 is 0 Å². The molecule has 0 saturated heterocycles. The van der Waals surface area contributed by atoms with Crippen molar-refractivity contribution in [2.45, 2.75) is 60.3 Å². The summed E-state index contributed by atoms with van der Waals surface area (Å²) in [6, 6.07) is 4.96. The van der Waals surface area contributed by atoms with E-state index in [2.05, 4.69) is 22.9 Å². The zero-order valence-corrected chi connectivity index (χ0v) is 24.7. The third-order valence-electron chi connectivity index (χ3n) is 5.37. The van der Waals surface area contributed by atoms with Crippen LogP contribution in [0.3, 0.4) is 0 Å². The van der Waals surface area contributed by atoms with E-state index in [0.717, 1.165) is 23.8 Å². The highest BCUT2D eigenvalue weighted by molar-refractivity contribution is 7.95. The molecule has 1 amide bonds. The summed E-state index contributed by atoms with van der Waals surface area (Å²) in [6.45, 7) is 19.9. The van der Waals surface area contributed by atoms with Crippen LogP contribution < -0.4 is 4.72 Å². The lowest BCUT2D eigenvalue weighted by atomic mass is 9.96. The van der Waals surface area contributed by atoms with Gasteiger partial charge in [-0.1, -0.05) is 61.9 Å². The maximum absolute atomic E-state index is 12.7. The number of likely N-dealkylation sites (N-methyl/N-ethyl adjacent to an activating group) is 1. The van der Waals surface area contributed by atoms with Crippen LogP contribution in [0.25, 0.3) is 0 Å². The highest BCUT2D eigenvalue weighted by Crippen LogP contribution is 2.18. The summed E-state index contributed by atoms with van der Waals surface area (Å²) in [5, 5.41) is 1.14. The number of nitrogens with one attached hydrogen (secondary N) is 1. The van der Waals surface area contributed by atoms with Gasteiger partial charge in [0.05, 0.1) is 12.1 Å². The molecule has 0 radical (unpaired) electrons. The van der Waals surface area contributed by atoms with Crippen LogP contribution in [0.15, 0.2) is 78.8 Å². The number of nitrogens with zero attached hydrogens (tertiary/aromatic N) is 2. The fraction of sp³-hybridized carbons (Fsp3) is 0.467. The highest BCUT2D eigenvalue weighted by Gasteiger charge is 2.14. The topological polar surface area (TPSA) is 88.6 Å². The molecule has 0 bridgehead atoms. The first kappa shape index (κ1) is 35.0. The number of pyridine rings is 1. The van der Waals surface area contributed by atoms with Crippen molar-refractivity contribution >= 4 is 21.7 Å². The van der Waals surface area contributed by atoms with E-state index < -0.39 is 10.0 Å². The standard InChI is InChI=1S/C28H41N3O4S.C2H6/c1-6-10-11-12-16-24(5)25(7-2)17-14-22-36(33,34)30-27-19-13-18-26(29-27)23-28(32)31(8-3)20-15-21-35-9-4;1-2/h6-7,11-14,16,18-19,22,25H,1-2,8-10,15,17,20-21,23H2,3-5H3,(H,29,30);1-2H3/b12-11?,22-14+,24-16+;. The second-order valence-corrected chi connectivity index (χ2v) is 9.74. The van der Waals surface area contributed by atoms with E-state index in [0.29, 0.717) is 38.4 Å². The van der Waals surface area contributed by atoms with Gasteiger partial charge in [-0.3, -0.25) is 9.52 Å². The molecule has 8 heteroatoms. The second-order valence-electron chi connectivity index (χ2n) is 8.17. The van der Waals surface area contributed by atoms with Gasteiger partial charge in [-0.25, -0.2) is 13.4 Å².